The average molecular weight is 410 g/mol. The maximum absolute atomic E-state index is 12.4. The first-order chi connectivity index (χ1) is 10.4. The Balaban J connectivity index is 2.10. The minimum atomic E-state index is -3.71. The zero-order chi connectivity index (χ0) is 16.2. The molecule has 1 saturated carbocycles. The van der Waals surface area contributed by atoms with Crippen molar-refractivity contribution in [2.75, 3.05) is 7.11 Å². The molecule has 0 saturated heterocycles. The summed E-state index contributed by atoms with van der Waals surface area (Å²) in [6.45, 7) is 0. The van der Waals surface area contributed by atoms with Crippen LogP contribution in [0.1, 0.15) is 38.5 Å². The van der Waals surface area contributed by atoms with E-state index < -0.39 is 22.0 Å². The summed E-state index contributed by atoms with van der Waals surface area (Å²) in [6.07, 6.45) is 6.08. The number of rotatable bonds is 6. The van der Waals surface area contributed by atoms with E-state index in [1.54, 1.807) is 6.07 Å². The lowest BCUT2D eigenvalue weighted by Crippen LogP contribution is -2.42. The van der Waals surface area contributed by atoms with Gasteiger partial charge in [-0.15, -0.1) is 11.3 Å². The van der Waals surface area contributed by atoms with Gasteiger partial charge in [-0.3, -0.25) is 4.79 Å². The van der Waals surface area contributed by atoms with Crippen LogP contribution in [0.3, 0.4) is 0 Å². The fourth-order valence-corrected chi connectivity index (χ4v) is 6.00. The van der Waals surface area contributed by atoms with Crippen LogP contribution < -0.4 is 4.72 Å². The van der Waals surface area contributed by atoms with Crippen molar-refractivity contribution in [2.24, 2.45) is 5.92 Å². The highest BCUT2D eigenvalue weighted by Gasteiger charge is 2.30. The molecule has 1 heterocycles. The van der Waals surface area contributed by atoms with Crippen molar-refractivity contribution in [3.63, 3.8) is 0 Å². The second-order valence-corrected chi connectivity index (χ2v) is 9.90. The molecular formula is C14H20BrNO4S2. The third kappa shape index (κ3) is 4.78. The zero-order valence-corrected chi connectivity index (χ0v) is 15.6. The van der Waals surface area contributed by atoms with Gasteiger partial charge in [0.25, 0.3) is 10.0 Å². The van der Waals surface area contributed by atoms with Gasteiger partial charge in [0.1, 0.15) is 10.3 Å². The molecule has 2 rings (SSSR count). The molecule has 1 aromatic rings. The summed E-state index contributed by atoms with van der Waals surface area (Å²) < 4.78 is 33.0. The summed E-state index contributed by atoms with van der Waals surface area (Å²) >= 11 is 4.36. The number of methoxy groups -OCH3 is 1. The summed E-state index contributed by atoms with van der Waals surface area (Å²) in [7, 11) is -2.42. The van der Waals surface area contributed by atoms with Gasteiger partial charge in [0, 0.05) is 0 Å². The van der Waals surface area contributed by atoms with Crippen LogP contribution in [-0.4, -0.2) is 27.5 Å². The Morgan fingerprint density at radius 1 is 1.41 bits per heavy atom. The van der Waals surface area contributed by atoms with Crippen molar-refractivity contribution in [3.8, 4) is 0 Å². The Hall–Kier alpha value is -0.440. The van der Waals surface area contributed by atoms with Gasteiger partial charge in [-0.05, 0) is 40.4 Å². The van der Waals surface area contributed by atoms with Crippen LogP contribution in [0.15, 0.2) is 20.1 Å². The molecule has 1 fully saturated rings. The van der Waals surface area contributed by atoms with Gasteiger partial charge >= 0.3 is 5.97 Å². The third-order valence-corrected chi connectivity index (χ3v) is 7.48. The van der Waals surface area contributed by atoms with E-state index in [0.717, 1.165) is 40.8 Å². The lowest BCUT2D eigenvalue weighted by atomic mass is 9.85. The number of sulfonamides is 1. The van der Waals surface area contributed by atoms with Gasteiger partial charge in [0.05, 0.1) is 10.9 Å². The number of esters is 1. The van der Waals surface area contributed by atoms with Crippen LogP contribution in [-0.2, 0) is 19.6 Å². The van der Waals surface area contributed by atoms with Crippen molar-refractivity contribution in [2.45, 2.75) is 48.8 Å². The van der Waals surface area contributed by atoms with Gasteiger partial charge in [-0.25, -0.2) is 8.42 Å². The van der Waals surface area contributed by atoms with E-state index in [2.05, 4.69) is 20.7 Å². The van der Waals surface area contributed by atoms with Crippen LogP contribution in [0, 0.1) is 5.92 Å². The highest BCUT2D eigenvalue weighted by molar-refractivity contribution is 9.11. The van der Waals surface area contributed by atoms with Gasteiger partial charge in [0.2, 0.25) is 0 Å². The molecule has 0 radical (unpaired) electrons. The Bertz CT molecular complexity index is 608. The molecule has 0 aromatic carbocycles. The molecule has 1 aliphatic rings. The topological polar surface area (TPSA) is 72.5 Å². The Morgan fingerprint density at radius 2 is 2.09 bits per heavy atom. The fraction of sp³-hybridized carbons (Fsp3) is 0.643. The van der Waals surface area contributed by atoms with Crippen molar-refractivity contribution in [3.05, 3.63) is 15.9 Å². The standard InChI is InChI=1S/C14H20BrNO4S2/c1-20-14(17)11(9-10-5-3-2-4-6-10)16-22(18,19)13-8-7-12(15)21-13/h7-8,10-11,16H,2-6,9H2,1H3/t11-/m0/s1. The van der Waals surface area contributed by atoms with Crippen LogP contribution in [0.25, 0.3) is 0 Å². The molecule has 1 aromatic heterocycles. The van der Waals surface area contributed by atoms with E-state index in [4.69, 9.17) is 4.74 Å². The molecule has 0 bridgehead atoms. The molecule has 5 nitrogen and oxygen atoms in total. The molecule has 1 aliphatic carbocycles. The second kappa shape index (κ2) is 7.90. The molecule has 0 aliphatic heterocycles. The smallest absolute Gasteiger partial charge is 0.323 e. The van der Waals surface area contributed by atoms with Crippen molar-refractivity contribution >= 4 is 43.3 Å². The molecule has 1 atom stereocenters. The second-order valence-electron chi connectivity index (χ2n) is 5.50. The largest absolute Gasteiger partial charge is 0.468 e. The first-order valence-electron chi connectivity index (χ1n) is 7.28. The first-order valence-corrected chi connectivity index (χ1v) is 10.4. The van der Waals surface area contributed by atoms with Crippen LogP contribution in [0.5, 0.6) is 0 Å². The number of nitrogens with one attached hydrogen (secondary N) is 1. The number of hydrogen-bond acceptors (Lipinski definition) is 5. The highest BCUT2D eigenvalue weighted by Crippen LogP contribution is 2.29. The van der Waals surface area contributed by atoms with Gasteiger partial charge in [-0.1, -0.05) is 32.1 Å². The average Bonchev–Trinajstić information content (AvgIpc) is 2.94. The highest BCUT2D eigenvalue weighted by atomic mass is 79.9. The molecule has 0 amide bonds. The number of ether oxygens (including phenoxy) is 1. The quantitative estimate of drug-likeness (QED) is 0.731. The van der Waals surface area contributed by atoms with Crippen molar-refractivity contribution in [1.29, 1.82) is 0 Å². The first kappa shape index (κ1) is 17.9. The number of thiophene rings is 1. The number of hydrogen-bond donors (Lipinski definition) is 1. The number of halogens is 1. The maximum Gasteiger partial charge on any atom is 0.323 e. The van der Waals surface area contributed by atoms with Crippen LogP contribution >= 0.6 is 27.3 Å². The predicted octanol–water partition coefficient (Wildman–Crippen LogP) is 3.30. The molecule has 0 spiro atoms. The zero-order valence-electron chi connectivity index (χ0n) is 12.4. The lowest BCUT2D eigenvalue weighted by Gasteiger charge is -2.25. The molecule has 0 unspecified atom stereocenters. The summed E-state index contributed by atoms with van der Waals surface area (Å²) in [5.41, 5.74) is 0. The lowest BCUT2D eigenvalue weighted by molar-refractivity contribution is -0.143. The van der Waals surface area contributed by atoms with Crippen LogP contribution in [0.2, 0.25) is 0 Å². The summed E-state index contributed by atoms with van der Waals surface area (Å²) in [6, 6.07) is 2.37. The van der Waals surface area contributed by atoms with E-state index in [1.165, 1.54) is 19.6 Å². The van der Waals surface area contributed by atoms with Gasteiger partial charge in [-0.2, -0.15) is 4.72 Å². The minimum absolute atomic E-state index is 0.192. The van der Waals surface area contributed by atoms with Crippen LogP contribution in [0.4, 0.5) is 0 Å². The Morgan fingerprint density at radius 3 is 2.64 bits per heavy atom. The SMILES string of the molecule is COC(=O)[C@H](CC1CCCCC1)NS(=O)(=O)c1ccc(Br)s1. The fourth-order valence-electron chi connectivity index (χ4n) is 2.78. The van der Waals surface area contributed by atoms with Gasteiger partial charge < -0.3 is 4.74 Å². The van der Waals surface area contributed by atoms with Crippen molar-refractivity contribution < 1.29 is 17.9 Å². The number of carbonyl (C=O) groups is 1. The van der Waals surface area contributed by atoms with E-state index in [-0.39, 0.29) is 4.21 Å². The van der Waals surface area contributed by atoms with E-state index in [9.17, 15) is 13.2 Å². The van der Waals surface area contributed by atoms with Crippen molar-refractivity contribution in [1.82, 2.24) is 4.72 Å². The Labute approximate surface area is 143 Å². The molecule has 22 heavy (non-hydrogen) atoms. The number of carbonyl (C=O) groups excluding carboxylic acids is 1. The van der Waals surface area contributed by atoms with Gasteiger partial charge in [0.15, 0.2) is 0 Å². The summed E-state index contributed by atoms with van der Waals surface area (Å²) in [5, 5.41) is 0. The van der Waals surface area contributed by atoms with E-state index in [1.807, 2.05) is 0 Å². The molecular weight excluding hydrogens is 390 g/mol. The Kier molecular flexibility index (Phi) is 6.43. The molecule has 124 valence electrons. The normalized spacial score (nSPS) is 18.1. The van der Waals surface area contributed by atoms with E-state index >= 15 is 0 Å². The monoisotopic (exact) mass is 409 g/mol. The summed E-state index contributed by atoms with van der Waals surface area (Å²) in [4.78, 5) is 11.9. The summed E-state index contributed by atoms with van der Waals surface area (Å²) in [5.74, 6) is -0.152. The maximum atomic E-state index is 12.4. The minimum Gasteiger partial charge on any atom is -0.468 e. The predicted molar refractivity (Wildman–Crippen MR) is 89.3 cm³/mol. The van der Waals surface area contributed by atoms with E-state index in [0.29, 0.717) is 12.3 Å². The third-order valence-electron chi connectivity index (χ3n) is 3.89. The molecule has 8 heteroatoms. The molecule has 1 N–H and O–H groups in total.